The standard InChI is InChI=1S/C29H31N5O5/c1-38-29(37)33-15-13-21(14-16-33)20-11-9-19(10-12-20)18-39-25-7-3-2-5-22(25)24-6-4-8-26(32-24)34-27(30)23(17-31-34)28(35)36/h2-12,17,21,23,27H,13-16,18,30H2,1H3,(H,35,36). The lowest BCUT2D eigenvalue weighted by Crippen LogP contribution is -2.43. The molecule has 2 aromatic carbocycles. The van der Waals surface area contributed by atoms with Gasteiger partial charge in [-0.3, -0.25) is 4.79 Å². The molecule has 1 amide bonds. The number of carbonyl (C=O) groups is 2. The zero-order valence-corrected chi connectivity index (χ0v) is 21.6. The van der Waals surface area contributed by atoms with Gasteiger partial charge >= 0.3 is 12.1 Å². The summed E-state index contributed by atoms with van der Waals surface area (Å²) in [7, 11) is 1.42. The van der Waals surface area contributed by atoms with E-state index < -0.39 is 18.1 Å². The third-order valence-corrected chi connectivity index (χ3v) is 7.19. The Morgan fingerprint density at radius 3 is 2.46 bits per heavy atom. The number of carboxylic acid groups (broad SMARTS) is 1. The Morgan fingerprint density at radius 2 is 1.77 bits per heavy atom. The van der Waals surface area contributed by atoms with Crippen molar-refractivity contribution in [2.75, 3.05) is 25.2 Å². The number of aliphatic carboxylic acids is 1. The molecular formula is C29H31N5O5. The van der Waals surface area contributed by atoms with Gasteiger partial charge in [0.2, 0.25) is 0 Å². The maximum absolute atomic E-state index is 11.7. The number of hydrogen-bond donors (Lipinski definition) is 2. The predicted molar refractivity (Wildman–Crippen MR) is 146 cm³/mol. The van der Waals surface area contributed by atoms with Crippen LogP contribution in [-0.4, -0.2) is 59.6 Å². The first-order valence-corrected chi connectivity index (χ1v) is 12.9. The van der Waals surface area contributed by atoms with Gasteiger partial charge in [0.1, 0.15) is 24.4 Å². The van der Waals surface area contributed by atoms with Crippen molar-refractivity contribution in [2.24, 2.45) is 16.8 Å². The molecular weight excluding hydrogens is 498 g/mol. The van der Waals surface area contributed by atoms with Crippen LogP contribution in [0.25, 0.3) is 11.3 Å². The van der Waals surface area contributed by atoms with Crippen LogP contribution in [-0.2, 0) is 16.1 Å². The molecule has 2 aliphatic rings. The van der Waals surface area contributed by atoms with Gasteiger partial charge in [0.15, 0.2) is 5.82 Å². The number of likely N-dealkylation sites (tertiary alicyclic amines) is 1. The van der Waals surface area contributed by atoms with Crippen molar-refractivity contribution in [3.8, 4) is 17.0 Å². The molecule has 0 aliphatic carbocycles. The second kappa shape index (κ2) is 11.5. The Morgan fingerprint density at radius 1 is 1.03 bits per heavy atom. The quantitative estimate of drug-likeness (QED) is 0.469. The average molecular weight is 530 g/mol. The van der Waals surface area contributed by atoms with E-state index >= 15 is 0 Å². The molecule has 0 bridgehead atoms. The molecule has 0 radical (unpaired) electrons. The minimum Gasteiger partial charge on any atom is -0.488 e. The van der Waals surface area contributed by atoms with Crippen LogP contribution >= 0.6 is 0 Å². The first-order chi connectivity index (χ1) is 18.9. The van der Waals surface area contributed by atoms with Gasteiger partial charge in [-0.25, -0.2) is 14.8 Å². The number of anilines is 1. The van der Waals surface area contributed by atoms with Crippen LogP contribution in [0.2, 0.25) is 0 Å². The molecule has 2 atom stereocenters. The highest BCUT2D eigenvalue weighted by molar-refractivity contribution is 5.92. The first-order valence-electron chi connectivity index (χ1n) is 12.9. The Balaban J connectivity index is 1.24. The fourth-order valence-corrected chi connectivity index (χ4v) is 4.96. The number of methoxy groups -OCH3 is 1. The van der Waals surface area contributed by atoms with Crippen molar-refractivity contribution >= 4 is 24.1 Å². The Kier molecular flexibility index (Phi) is 7.74. The number of ether oxygens (including phenoxy) is 2. The van der Waals surface area contributed by atoms with E-state index in [-0.39, 0.29) is 6.09 Å². The molecule has 2 aliphatic heterocycles. The van der Waals surface area contributed by atoms with E-state index in [1.165, 1.54) is 23.9 Å². The Bertz CT molecular complexity index is 1350. The molecule has 39 heavy (non-hydrogen) atoms. The fourth-order valence-electron chi connectivity index (χ4n) is 4.96. The normalized spacial score (nSPS) is 19.2. The Labute approximate surface area is 226 Å². The lowest BCUT2D eigenvalue weighted by Gasteiger charge is -2.31. The number of carbonyl (C=O) groups excluding carboxylic acids is 1. The van der Waals surface area contributed by atoms with Gasteiger partial charge in [-0.15, -0.1) is 0 Å². The summed E-state index contributed by atoms with van der Waals surface area (Å²) in [6.07, 6.45) is 2.06. The van der Waals surface area contributed by atoms with Gasteiger partial charge in [-0.1, -0.05) is 42.5 Å². The third kappa shape index (κ3) is 5.70. The number of rotatable bonds is 7. The summed E-state index contributed by atoms with van der Waals surface area (Å²) in [5.41, 5.74) is 9.88. The molecule has 10 nitrogen and oxygen atoms in total. The molecule has 2 unspecified atom stereocenters. The number of para-hydroxylation sites is 1. The number of pyridine rings is 1. The third-order valence-electron chi connectivity index (χ3n) is 7.19. The summed E-state index contributed by atoms with van der Waals surface area (Å²) >= 11 is 0. The number of piperidine rings is 1. The van der Waals surface area contributed by atoms with E-state index in [1.54, 1.807) is 11.0 Å². The van der Waals surface area contributed by atoms with E-state index in [2.05, 4.69) is 29.4 Å². The summed E-state index contributed by atoms with van der Waals surface area (Å²) in [5, 5.41) is 14.9. The van der Waals surface area contributed by atoms with Crippen molar-refractivity contribution in [3.05, 3.63) is 77.9 Å². The summed E-state index contributed by atoms with van der Waals surface area (Å²) < 4.78 is 11.0. The van der Waals surface area contributed by atoms with E-state index in [0.29, 0.717) is 42.9 Å². The zero-order valence-electron chi connectivity index (χ0n) is 21.6. The molecule has 1 aromatic heterocycles. The van der Waals surface area contributed by atoms with Crippen molar-refractivity contribution in [3.63, 3.8) is 0 Å². The van der Waals surface area contributed by atoms with Gasteiger partial charge in [0.25, 0.3) is 0 Å². The van der Waals surface area contributed by atoms with Gasteiger partial charge < -0.3 is 25.2 Å². The second-order valence-electron chi connectivity index (χ2n) is 9.60. The van der Waals surface area contributed by atoms with E-state index in [0.717, 1.165) is 24.0 Å². The average Bonchev–Trinajstić information content (AvgIpc) is 3.37. The molecule has 3 heterocycles. The largest absolute Gasteiger partial charge is 0.488 e. The summed E-state index contributed by atoms with van der Waals surface area (Å²) in [4.78, 5) is 29.6. The van der Waals surface area contributed by atoms with Crippen LogP contribution in [0, 0.1) is 5.92 Å². The van der Waals surface area contributed by atoms with Crippen LogP contribution in [0.4, 0.5) is 10.6 Å². The summed E-state index contributed by atoms with van der Waals surface area (Å²) in [6, 6.07) is 21.5. The minimum absolute atomic E-state index is 0.261. The number of hydrogen-bond acceptors (Lipinski definition) is 8. The topological polar surface area (TPSA) is 131 Å². The number of carboxylic acids is 1. The number of benzene rings is 2. The van der Waals surface area contributed by atoms with Crippen LogP contribution in [0.1, 0.15) is 29.9 Å². The molecule has 0 spiro atoms. The number of amides is 1. The maximum atomic E-state index is 11.7. The lowest BCUT2D eigenvalue weighted by molar-refractivity contribution is -0.139. The smallest absolute Gasteiger partial charge is 0.409 e. The van der Waals surface area contributed by atoms with Crippen LogP contribution < -0.4 is 15.5 Å². The number of nitrogens with zero attached hydrogens (tertiary/aromatic N) is 4. The SMILES string of the molecule is COC(=O)N1CCC(c2ccc(COc3ccccc3-c3cccc(N4N=CC(C(=O)O)C4N)n3)cc2)CC1. The first kappa shape index (κ1) is 26.2. The Hall–Kier alpha value is -4.44. The van der Waals surface area contributed by atoms with E-state index in [4.69, 9.17) is 20.2 Å². The molecule has 0 saturated carbocycles. The monoisotopic (exact) mass is 529 g/mol. The van der Waals surface area contributed by atoms with Crippen molar-refractivity contribution in [1.29, 1.82) is 0 Å². The lowest BCUT2D eigenvalue weighted by atomic mass is 9.89. The van der Waals surface area contributed by atoms with E-state index in [1.807, 2.05) is 36.4 Å². The van der Waals surface area contributed by atoms with Crippen molar-refractivity contribution in [1.82, 2.24) is 9.88 Å². The second-order valence-corrected chi connectivity index (χ2v) is 9.60. The highest BCUT2D eigenvalue weighted by Crippen LogP contribution is 2.32. The van der Waals surface area contributed by atoms with Crippen molar-refractivity contribution < 1.29 is 24.2 Å². The molecule has 3 N–H and O–H groups in total. The van der Waals surface area contributed by atoms with E-state index in [9.17, 15) is 14.7 Å². The molecule has 3 aromatic rings. The maximum Gasteiger partial charge on any atom is 0.409 e. The summed E-state index contributed by atoms with van der Waals surface area (Å²) in [5.74, 6) is -0.369. The minimum atomic E-state index is -1.03. The van der Waals surface area contributed by atoms with Crippen LogP contribution in [0.3, 0.4) is 0 Å². The van der Waals surface area contributed by atoms with Crippen LogP contribution in [0.15, 0.2) is 71.8 Å². The fraction of sp³-hybridized carbons (Fsp3) is 0.310. The van der Waals surface area contributed by atoms with Gasteiger partial charge in [0, 0.05) is 24.9 Å². The molecule has 202 valence electrons. The zero-order chi connectivity index (χ0) is 27.4. The predicted octanol–water partition coefficient (Wildman–Crippen LogP) is 4.06. The summed E-state index contributed by atoms with van der Waals surface area (Å²) in [6.45, 7) is 1.79. The highest BCUT2D eigenvalue weighted by Gasteiger charge is 2.34. The highest BCUT2D eigenvalue weighted by atomic mass is 16.5. The molecule has 10 heteroatoms. The van der Waals surface area contributed by atoms with Crippen molar-refractivity contribution in [2.45, 2.75) is 31.5 Å². The molecule has 5 rings (SSSR count). The van der Waals surface area contributed by atoms with Gasteiger partial charge in [-0.05, 0) is 54.2 Å². The number of nitrogens with two attached hydrogens (primary N) is 1. The number of aromatic nitrogens is 1. The van der Waals surface area contributed by atoms with Gasteiger partial charge in [0.05, 0.1) is 12.8 Å². The van der Waals surface area contributed by atoms with Gasteiger partial charge in [-0.2, -0.15) is 5.10 Å². The molecule has 1 fully saturated rings. The van der Waals surface area contributed by atoms with Crippen LogP contribution in [0.5, 0.6) is 5.75 Å². The number of hydrazone groups is 1. The molecule has 1 saturated heterocycles.